The van der Waals surface area contributed by atoms with E-state index >= 15 is 0 Å². The lowest BCUT2D eigenvalue weighted by Gasteiger charge is -2.46. The Labute approximate surface area is 642 Å². The molecule has 0 unspecified atom stereocenters. The molecule has 0 radical (unpaired) electrons. The molecule has 0 spiro atoms. The van der Waals surface area contributed by atoms with Crippen LogP contribution in [0.5, 0.6) is 11.5 Å². The molecule has 21 aromatic rings. The van der Waals surface area contributed by atoms with Gasteiger partial charge in [0.2, 0.25) is 0 Å². The number of hydrogen-bond acceptors (Lipinski definition) is 3. The summed E-state index contributed by atoms with van der Waals surface area (Å²) in [4.78, 5) is 5.42. The van der Waals surface area contributed by atoms with E-state index in [0.29, 0.717) is 0 Å². The van der Waals surface area contributed by atoms with Gasteiger partial charge in [0, 0.05) is 105 Å². The van der Waals surface area contributed by atoms with Crippen molar-refractivity contribution in [2.75, 3.05) is 9.80 Å². The molecule has 0 fully saturated rings. The molecule has 17 aromatic carbocycles. The fourth-order valence-electron chi connectivity index (χ4n) is 19.8. The largest absolute Gasteiger partial charge is 0.457 e. The summed E-state index contributed by atoms with van der Waals surface area (Å²) >= 11 is 0. The summed E-state index contributed by atoms with van der Waals surface area (Å²) in [5, 5.41) is 9.83. The van der Waals surface area contributed by atoms with Crippen molar-refractivity contribution >= 4 is 133 Å². The van der Waals surface area contributed by atoms with E-state index in [4.69, 9.17) is 4.74 Å². The Hall–Kier alpha value is -14.2. The van der Waals surface area contributed by atoms with Crippen LogP contribution in [0.4, 0.5) is 34.1 Å². The van der Waals surface area contributed by atoms with E-state index in [1.54, 1.807) is 0 Å². The highest BCUT2D eigenvalue weighted by molar-refractivity contribution is 7.00. The third-order valence-electron chi connectivity index (χ3n) is 24.8. The van der Waals surface area contributed by atoms with Crippen LogP contribution in [0, 0.1) is 0 Å². The van der Waals surface area contributed by atoms with Crippen LogP contribution < -0.4 is 30.9 Å². The van der Waals surface area contributed by atoms with Gasteiger partial charge in [-0.05, 0) is 163 Å². The molecular weight excluding hydrogens is 1340 g/mol. The second-order valence-corrected chi connectivity index (χ2v) is 31.0. The van der Waals surface area contributed by atoms with Crippen LogP contribution in [0.25, 0.3) is 154 Å². The van der Waals surface area contributed by atoms with Crippen LogP contribution in [0.15, 0.2) is 370 Å². The van der Waals surface area contributed by atoms with Gasteiger partial charge >= 0.3 is 0 Å². The quantitative estimate of drug-likeness (QED) is 0.135. The maximum Gasteiger partial charge on any atom is 0.252 e. The molecule has 0 atom stereocenters. The van der Waals surface area contributed by atoms with Crippen molar-refractivity contribution in [3.63, 3.8) is 0 Å². The van der Waals surface area contributed by atoms with Gasteiger partial charge in [-0.2, -0.15) is 0 Å². The summed E-state index contributed by atoms with van der Waals surface area (Å²) in [5.74, 6) is 1.77. The molecule has 4 aromatic heterocycles. The number of ether oxygens (including phenoxy) is 1. The van der Waals surface area contributed by atoms with Crippen LogP contribution in [0.2, 0.25) is 0 Å². The van der Waals surface area contributed by atoms with Crippen molar-refractivity contribution in [3.05, 3.63) is 381 Å². The summed E-state index contributed by atoms with van der Waals surface area (Å²) < 4.78 is 12.0. The maximum atomic E-state index is 6.94. The Balaban J connectivity index is 0.883. The molecule has 6 heteroatoms. The van der Waals surface area contributed by atoms with Crippen molar-refractivity contribution in [3.8, 4) is 89.4 Å². The molecule has 0 N–H and O–H groups in total. The van der Waals surface area contributed by atoms with Crippen molar-refractivity contribution in [2.24, 2.45) is 0 Å². The Kier molecular flexibility index (Phi) is 13.1. The van der Waals surface area contributed by atoms with E-state index in [1.165, 1.54) is 92.6 Å². The fraction of sp³-hybridized carbons (Fsp3) is 0.0286. The minimum Gasteiger partial charge on any atom is -0.457 e. The second kappa shape index (κ2) is 23.4. The van der Waals surface area contributed by atoms with Gasteiger partial charge in [0.25, 0.3) is 6.71 Å². The molecule has 0 saturated carbocycles. The molecule has 111 heavy (non-hydrogen) atoms. The van der Waals surface area contributed by atoms with Gasteiger partial charge in [-0.3, -0.25) is 0 Å². The Morgan fingerprint density at radius 2 is 0.595 bits per heavy atom. The van der Waals surface area contributed by atoms with Crippen molar-refractivity contribution < 1.29 is 4.74 Å². The Bertz CT molecular complexity index is 7040. The van der Waals surface area contributed by atoms with E-state index in [2.05, 4.69) is 402 Å². The first-order valence-corrected chi connectivity index (χ1v) is 38.7. The summed E-state index contributed by atoms with van der Waals surface area (Å²) in [6, 6.07) is 140. The van der Waals surface area contributed by atoms with Gasteiger partial charge < -0.3 is 23.3 Å². The number of hydrogen-bond donors (Lipinski definition) is 0. The first-order chi connectivity index (χ1) is 54.8. The van der Waals surface area contributed by atoms with Gasteiger partial charge in [0.05, 0.1) is 44.5 Å². The number of aromatic nitrogens is 2. The van der Waals surface area contributed by atoms with Crippen LogP contribution in [-0.4, -0.2) is 15.5 Å². The fourth-order valence-corrected chi connectivity index (χ4v) is 19.8. The summed E-state index contributed by atoms with van der Waals surface area (Å²) in [5.41, 5.74) is 35.3. The SMILES string of the molecule is CC1(C)c2ccccc2Oc2ccc(-c3cc4c5c(c3)N(c3c(-c6cc7c8ccccc8n8c9ccccc9c(c6)c78)cccc3-c3cc6c7ccccc7n7c8ccccc8c(c3)c67)c3ccc(-c6ccccc6)cc3B5c3cc(-c5ccccc5)ccc3N4c3c(-c4ccccc4)cccc3-c3ccccc3)cc21. The molecule has 3 aliphatic heterocycles. The minimum absolute atomic E-state index is 0.291. The topological polar surface area (TPSA) is 24.5 Å². The molecule has 516 valence electrons. The average molecular weight is 1410 g/mol. The Morgan fingerprint density at radius 3 is 1.03 bits per heavy atom. The highest BCUT2D eigenvalue weighted by atomic mass is 16.5. The summed E-state index contributed by atoms with van der Waals surface area (Å²) in [7, 11) is 0. The van der Waals surface area contributed by atoms with Gasteiger partial charge in [-0.1, -0.05) is 293 Å². The van der Waals surface area contributed by atoms with Crippen molar-refractivity contribution in [2.45, 2.75) is 19.3 Å². The number of fused-ring (bicyclic) bond motifs is 18. The van der Waals surface area contributed by atoms with Crippen LogP contribution in [0.3, 0.4) is 0 Å². The van der Waals surface area contributed by atoms with E-state index in [0.717, 1.165) is 135 Å². The zero-order valence-electron chi connectivity index (χ0n) is 61.0. The summed E-state index contributed by atoms with van der Waals surface area (Å²) in [6.07, 6.45) is 0. The minimum atomic E-state index is -0.397. The van der Waals surface area contributed by atoms with E-state index in [9.17, 15) is 0 Å². The molecule has 7 heterocycles. The van der Waals surface area contributed by atoms with Crippen molar-refractivity contribution in [1.29, 1.82) is 0 Å². The summed E-state index contributed by atoms with van der Waals surface area (Å²) in [6.45, 7) is 4.42. The third-order valence-corrected chi connectivity index (χ3v) is 24.8. The first kappa shape index (κ1) is 61.9. The molecular formula is C105H67BN4O. The molecule has 0 aliphatic carbocycles. The first-order valence-electron chi connectivity index (χ1n) is 38.7. The van der Waals surface area contributed by atoms with Gasteiger partial charge in [0.15, 0.2) is 0 Å². The number of anilines is 6. The lowest BCUT2D eigenvalue weighted by atomic mass is 9.33. The molecule has 3 aliphatic rings. The zero-order chi connectivity index (χ0) is 72.9. The van der Waals surface area contributed by atoms with Crippen LogP contribution in [-0.2, 0) is 5.41 Å². The second-order valence-electron chi connectivity index (χ2n) is 31.0. The van der Waals surface area contributed by atoms with E-state index in [-0.39, 0.29) is 6.71 Å². The van der Waals surface area contributed by atoms with E-state index < -0.39 is 5.41 Å². The molecule has 5 nitrogen and oxygen atoms in total. The molecule has 0 bridgehead atoms. The number of rotatable bonds is 9. The molecule has 24 rings (SSSR count). The number of para-hydroxylation sites is 7. The highest BCUT2D eigenvalue weighted by Gasteiger charge is 2.46. The van der Waals surface area contributed by atoms with Gasteiger partial charge in [-0.25, -0.2) is 0 Å². The normalized spacial score (nSPS) is 13.4. The average Bonchev–Trinajstić information content (AvgIpc) is 1.22. The standard InChI is InChI=1S/C105H67BN4O/c1-105(2)86-43-19-24-48-98(86)111-99-54-51-68(59-87(99)105)71-62-96-100-97(63-71)110(95-53-50-70(65-29-9-4-10-30-65)61-89(95)106(100)88-60-69(64-27-7-3-8-28-64)49-52-94(88)109(96)101-74(66-31-11-5-12-32-66)39-25-40-75(101)67-33-13-6-14-34-67)102-76(72-55-82-78-35-15-20-44-90(78)107-91-45-21-16-36-79(91)83(56-72)103(82)107)41-26-42-77(102)73-57-84-80-37-17-22-46-92(80)108-93-47-23-18-38-81(93)85(58-73)104(84)108/h3-63H,1-2H3. The lowest BCUT2D eigenvalue weighted by Crippen LogP contribution is -2.61. The van der Waals surface area contributed by atoms with Gasteiger partial charge in [-0.15, -0.1) is 0 Å². The zero-order valence-corrected chi connectivity index (χ0v) is 61.0. The predicted octanol–water partition coefficient (Wildman–Crippen LogP) is 26.2. The van der Waals surface area contributed by atoms with Gasteiger partial charge in [0.1, 0.15) is 11.5 Å². The van der Waals surface area contributed by atoms with E-state index in [1.807, 2.05) is 0 Å². The highest BCUT2D eigenvalue weighted by Crippen LogP contribution is 2.57. The predicted molar refractivity (Wildman–Crippen MR) is 466 cm³/mol. The van der Waals surface area contributed by atoms with Crippen LogP contribution in [0.1, 0.15) is 25.0 Å². The number of benzene rings is 17. The maximum absolute atomic E-state index is 6.94. The lowest BCUT2D eigenvalue weighted by molar-refractivity contribution is 0.418. The van der Waals surface area contributed by atoms with Crippen LogP contribution >= 0.6 is 0 Å². The third kappa shape index (κ3) is 8.90. The molecule has 0 saturated heterocycles. The Morgan fingerprint density at radius 1 is 0.243 bits per heavy atom. The number of nitrogens with zero attached hydrogens (tertiary/aromatic N) is 4. The molecule has 0 amide bonds. The monoisotopic (exact) mass is 1410 g/mol. The smallest absolute Gasteiger partial charge is 0.252 e. The van der Waals surface area contributed by atoms with Crippen molar-refractivity contribution in [1.82, 2.24) is 8.80 Å².